The lowest BCUT2D eigenvalue weighted by Gasteiger charge is -2.05. The van der Waals surface area contributed by atoms with E-state index in [0.29, 0.717) is 12.5 Å². The highest BCUT2D eigenvalue weighted by Crippen LogP contribution is 2.24. The maximum absolute atomic E-state index is 5.76. The summed E-state index contributed by atoms with van der Waals surface area (Å²) in [7, 11) is 0. The fourth-order valence-corrected chi connectivity index (χ4v) is 2.42. The first-order valence-corrected chi connectivity index (χ1v) is 6.97. The molecule has 2 aromatic carbocycles. The van der Waals surface area contributed by atoms with E-state index in [-0.39, 0.29) is 0 Å². The summed E-state index contributed by atoms with van der Waals surface area (Å²) in [5.74, 6) is 1.44. The molecule has 1 aromatic heterocycles. The number of nitrogens with one attached hydrogen (secondary N) is 1. The van der Waals surface area contributed by atoms with Crippen LogP contribution < -0.4 is 5.73 Å². The second-order valence-electron chi connectivity index (χ2n) is 5.38. The van der Waals surface area contributed by atoms with Crippen molar-refractivity contribution in [2.75, 3.05) is 0 Å². The van der Waals surface area contributed by atoms with Crippen LogP contribution in [0.4, 0.5) is 0 Å². The summed E-state index contributed by atoms with van der Waals surface area (Å²) in [4.78, 5) is 8.06. The molecule has 20 heavy (non-hydrogen) atoms. The Morgan fingerprint density at radius 3 is 2.50 bits per heavy atom. The molecule has 0 radical (unpaired) electrons. The standard InChI is InChI=1S/C17H19N3/c1-11(2)12-6-8-13(9-7-12)17-19-15-5-3-4-14(10-18)16(15)20-17/h3-9,11H,10,18H2,1-2H3,(H,19,20). The Morgan fingerprint density at radius 2 is 1.85 bits per heavy atom. The Bertz CT molecular complexity index is 724. The lowest BCUT2D eigenvalue weighted by Crippen LogP contribution is -1.96. The Labute approximate surface area is 118 Å². The predicted molar refractivity (Wildman–Crippen MR) is 83.5 cm³/mol. The monoisotopic (exact) mass is 265 g/mol. The topological polar surface area (TPSA) is 54.7 Å². The van der Waals surface area contributed by atoms with Crippen LogP contribution in [0.25, 0.3) is 22.4 Å². The number of H-pyrrole nitrogens is 1. The van der Waals surface area contributed by atoms with E-state index in [1.807, 2.05) is 18.2 Å². The summed E-state index contributed by atoms with van der Waals surface area (Å²) >= 11 is 0. The van der Waals surface area contributed by atoms with E-state index in [0.717, 1.165) is 28.0 Å². The first-order valence-electron chi connectivity index (χ1n) is 6.97. The molecule has 0 bridgehead atoms. The minimum Gasteiger partial charge on any atom is -0.338 e. The number of fused-ring (bicyclic) bond motifs is 1. The van der Waals surface area contributed by atoms with Gasteiger partial charge in [0.2, 0.25) is 0 Å². The van der Waals surface area contributed by atoms with Gasteiger partial charge in [0, 0.05) is 12.1 Å². The molecule has 102 valence electrons. The molecule has 3 heteroatoms. The van der Waals surface area contributed by atoms with Gasteiger partial charge < -0.3 is 10.7 Å². The molecule has 0 aliphatic rings. The van der Waals surface area contributed by atoms with Crippen LogP contribution in [0.5, 0.6) is 0 Å². The van der Waals surface area contributed by atoms with Gasteiger partial charge in [0.25, 0.3) is 0 Å². The van der Waals surface area contributed by atoms with E-state index in [1.165, 1.54) is 5.56 Å². The largest absolute Gasteiger partial charge is 0.338 e. The molecular weight excluding hydrogens is 246 g/mol. The van der Waals surface area contributed by atoms with Crippen molar-refractivity contribution < 1.29 is 0 Å². The Morgan fingerprint density at radius 1 is 1.10 bits per heavy atom. The molecule has 0 spiro atoms. The van der Waals surface area contributed by atoms with Crippen molar-refractivity contribution in [3.8, 4) is 11.4 Å². The Kier molecular flexibility index (Phi) is 3.28. The van der Waals surface area contributed by atoms with E-state index < -0.39 is 0 Å². The quantitative estimate of drug-likeness (QED) is 0.756. The molecule has 0 saturated heterocycles. The van der Waals surface area contributed by atoms with E-state index in [2.05, 4.69) is 43.1 Å². The van der Waals surface area contributed by atoms with Crippen LogP contribution in [0.3, 0.4) is 0 Å². The second-order valence-corrected chi connectivity index (χ2v) is 5.38. The SMILES string of the molecule is CC(C)c1ccc(-c2nc3c(CN)cccc3[nH]2)cc1. The second kappa shape index (κ2) is 5.10. The van der Waals surface area contributed by atoms with Crippen molar-refractivity contribution in [2.24, 2.45) is 5.73 Å². The van der Waals surface area contributed by atoms with Gasteiger partial charge in [0.05, 0.1) is 11.0 Å². The number of aromatic nitrogens is 2. The van der Waals surface area contributed by atoms with Gasteiger partial charge in [-0.1, -0.05) is 50.2 Å². The summed E-state index contributed by atoms with van der Waals surface area (Å²) < 4.78 is 0. The van der Waals surface area contributed by atoms with Crippen molar-refractivity contribution >= 4 is 11.0 Å². The molecule has 0 aliphatic heterocycles. The first-order chi connectivity index (χ1) is 9.69. The van der Waals surface area contributed by atoms with Crippen molar-refractivity contribution in [2.45, 2.75) is 26.3 Å². The lowest BCUT2D eigenvalue weighted by atomic mass is 10.0. The lowest BCUT2D eigenvalue weighted by molar-refractivity contribution is 0.867. The molecule has 3 rings (SSSR count). The number of hydrogen-bond acceptors (Lipinski definition) is 2. The molecule has 0 amide bonds. The average Bonchev–Trinajstić information content (AvgIpc) is 2.91. The molecule has 0 unspecified atom stereocenters. The number of nitrogens with two attached hydrogens (primary N) is 1. The van der Waals surface area contributed by atoms with Crippen LogP contribution in [0, 0.1) is 0 Å². The minimum atomic E-state index is 0.508. The molecule has 0 saturated carbocycles. The molecular formula is C17H19N3. The normalized spacial score (nSPS) is 11.4. The highest BCUT2D eigenvalue weighted by atomic mass is 14.9. The molecule has 0 fully saturated rings. The minimum absolute atomic E-state index is 0.508. The van der Waals surface area contributed by atoms with Gasteiger partial charge in [-0.2, -0.15) is 0 Å². The summed E-state index contributed by atoms with van der Waals surface area (Å²) in [6, 6.07) is 14.6. The van der Waals surface area contributed by atoms with Crippen LogP contribution in [0.1, 0.15) is 30.9 Å². The van der Waals surface area contributed by atoms with E-state index in [1.54, 1.807) is 0 Å². The number of benzene rings is 2. The van der Waals surface area contributed by atoms with Gasteiger partial charge >= 0.3 is 0 Å². The van der Waals surface area contributed by atoms with E-state index in [9.17, 15) is 0 Å². The number of hydrogen-bond donors (Lipinski definition) is 2. The zero-order valence-electron chi connectivity index (χ0n) is 11.9. The number of para-hydroxylation sites is 1. The summed E-state index contributed by atoms with van der Waals surface area (Å²) in [6.45, 7) is 4.90. The average molecular weight is 265 g/mol. The fourth-order valence-electron chi connectivity index (χ4n) is 2.42. The van der Waals surface area contributed by atoms with Crippen molar-refractivity contribution in [3.05, 3.63) is 53.6 Å². The number of imidazole rings is 1. The summed E-state index contributed by atoms with van der Waals surface area (Å²) in [5, 5.41) is 0. The van der Waals surface area contributed by atoms with Crippen LogP contribution in [0.2, 0.25) is 0 Å². The Hall–Kier alpha value is -2.13. The van der Waals surface area contributed by atoms with Crippen LogP contribution in [-0.4, -0.2) is 9.97 Å². The number of nitrogens with zero attached hydrogens (tertiary/aromatic N) is 1. The van der Waals surface area contributed by atoms with Gasteiger partial charge in [-0.25, -0.2) is 4.98 Å². The molecule has 3 aromatic rings. The predicted octanol–water partition coefficient (Wildman–Crippen LogP) is 3.81. The maximum Gasteiger partial charge on any atom is 0.138 e. The van der Waals surface area contributed by atoms with Crippen LogP contribution in [0.15, 0.2) is 42.5 Å². The smallest absolute Gasteiger partial charge is 0.138 e. The van der Waals surface area contributed by atoms with Crippen LogP contribution >= 0.6 is 0 Å². The van der Waals surface area contributed by atoms with Gasteiger partial charge in [-0.05, 0) is 23.1 Å². The zero-order chi connectivity index (χ0) is 14.1. The molecule has 3 N–H and O–H groups in total. The number of aromatic amines is 1. The number of rotatable bonds is 3. The molecule has 0 aliphatic carbocycles. The third-order valence-corrected chi connectivity index (χ3v) is 3.67. The molecule has 0 atom stereocenters. The van der Waals surface area contributed by atoms with Crippen molar-refractivity contribution in [3.63, 3.8) is 0 Å². The van der Waals surface area contributed by atoms with Crippen molar-refractivity contribution in [1.82, 2.24) is 9.97 Å². The molecule has 1 heterocycles. The fraction of sp³-hybridized carbons (Fsp3) is 0.235. The third kappa shape index (κ3) is 2.21. The van der Waals surface area contributed by atoms with Gasteiger partial charge in [-0.15, -0.1) is 0 Å². The van der Waals surface area contributed by atoms with E-state index in [4.69, 9.17) is 10.7 Å². The zero-order valence-corrected chi connectivity index (χ0v) is 11.9. The summed E-state index contributed by atoms with van der Waals surface area (Å²) in [5.41, 5.74) is 11.3. The Balaban J connectivity index is 2.06. The molecule has 3 nitrogen and oxygen atoms in total. The van der Waals surface area contributed by atoms with Crippen molar-refractivity contribution in [1.29, 1.82) is 0 Å². The van der Waals surface area contributed by atoms with Crippen LogP contribution in [-0.2, 0) is 6.54 Å². The highest BCUT2D eigenvalue weighted by Gasteiger charge is 2.08. The maximum atomic E-state index is 5.76. The third-order valence-electron chi connectivity index (χ3n) is 3.67. The summed E-state index contributed by atoms with van der Waals surface area (Å²) in [6.07, 6.45) is 0. The van der Waals surface area contributed by atoms with Gasteiger partial charge in [0.15, 0.2) is 0 Å². The van der Waals surface area contributed by atoms with Gasteiger partial charge in [-0.3, -0.25) is 0 Å². The van der Waals surface area contributed by atoms with E-state index >= 15 is 0 Å². The van der Waals surface area contributed by atoms with Gasteiger partial charge in [0.1, 0.15) is 5.82 Å². The first kappa shape index (κ1) is 12.9. The highest BCUT2D eigenvalue weighted by molar-refractivity contribution is 5.82.